The van der Waals surface area contributed by atoms with E-state index in [1.165, 1.54) is 36.0 Å². The van der Waals surface area contributed by atoms with Crippen molar-refractivity contribution in [3.8, 4) is 22.6 Å². The molecular weight excluding hydrogens is 401 g/mol. The molecule has 0 spiro atoms. The number of hydrogen-bond donors (Lipinski definition) is 2. The van der Waals surface area contributed by atoms with Crippen molar-refractivity contribution >= 4 is 17.5 Å². The summed E-state index contributed by atoms with van der Waals surface area (Å²) < 4.78 is 21.4. The quantitative estimate of drug-likeness (QED) is 0.595. The summed E-state index contributed by atoms with van der Waals surface area (Å²) in [6, 6.07) is 10.6. The number of hydrogen-bond acceptors (Lipinski definition) is 4. The molecule has 0 aliphatic rings. The van der Waals surface area contributed by atoms with Crippen LogP contribution in [-0.2, 0) is 11.8 Å². The Morgan fingerprint density at radius 1 is 1.16 bits per heavy atom. The Morgan fingerprint density at radius 2 is 1.87 bits per heavy atom. The number of aromatic nitrogens is 1. The van der Waals surface area contributed by atoms with E-state index < -0.39 is 23.2 Å². The molecule has 0 aliphatic carbocycles. The molecule has 3 N–H and O–H groups in total. The van der Waals surface area contributed by atoms with Gasteiger partial charge in [-0.15, -0.1) is 0 Å². The van der Waals surface area contributed by atoms with E-state index in [1.807, 2.05) is 0 Å². The van der Waals surface area contributed by atoms with Crippen molar-refractivity contribution in [3.63, 3.8) is 0 Å². The summed E-state index contributed by atoms with van der Waals surface area (Å²) >= 11 is 0. The number of carbonyl (C=O) groups is 2. The van der Waals surface area contributed by atoms with E-state index in [1.54, 1.807) is 31.2 Å². The van der Waals surface area contributed by atoms with Crippen LogP contribution in [0.5, 0.6) is 11.5 Å². The van der Waals surface area contributed by atoms with E-state index >= 15 is 0 Å². The molecule has 158 valence electrons. The molecule has 0 saturated carbocycles. The molecule has 3 aromatic rings. The van der Waals surface area contributed by atoms with Gasteiger partial charge in [0.1, 0.15) is 11.3 Å². The van der Waals surface area contributed by atoms with Crippen molar-refractivity contribution in [3.05, 3.63) is 88.6 Å². The molecule has 2 aromatic carbocycles. The fourth-order valence-electron chi connectivity index (χ4n) is 2.96. The number of aryl methyl sites for hydroxylation is 2. The maximum atomic E-state index is 14.4. The Balaban J connectivity index is 2.18. The largest absolute Gasteiger partial charge is 0.454 e. The highest BCUT2D eigenvalue weighted by Crippen LogP contribution is 2.36. The van der Waals surface area contributed by atoms with E-state index in [9.17, 15) is 18.8 Å². The average Bonchev–Trinajstić information content (AvgIpc) is 2.72. The first-order valence-corrected chi connectivity index (χ1v) is 9.22. The molecule has 0 bridgehead atoms. The number of ether oxygens (including phenoxy) is 1. The second-order valence-corrected chi connectivity index (χ2v) is 6.86. The van der Waals surface area contributed by atoms with Crippen molar-refractivity contribution in [2.75, 3.05) is 5.32 Å². The molecule has 7 nitrogen and oxygen atoms in total. The van der Waals surface area contributed by atoms with Gasteiger partial charge in [0.25, 0.3) is 11.5 Å². The summed E-state index contributed by atoms with van der Waals surface area (Å²) in [7, 11) is 1.47. The van der Waals surface area contributed by atoms with Crippen molar-refractivity contribution in [2.24, 2.45) is 12.8 Å². The Hall–Kier alpha value is -4.20. The van der Waals surface area contributed by atoms with Gasteiger partial charge >= 0.3 is 0 Å². The maximum absolute atomic E-state index is 14.4. The number of benzene rings is 2. The second-order valence-electron chi connectivity index (χ2n) is 6.86. The van der Waals surface area contributed by atoms with Gasteiger partial charge in [0.05, 0.1) is 0 Å². The third-order valence-electron chi connectivity index (χ3n) is 4.50. The molecule has 1 aromatic heterocycles. The standard InChI is InChI=1S/C23H20FN3O4/c1-4-21(28)26-15-6-8-19(31-20-7-5-13(2)9-18(20)24)16(11-15)14-10-17(22(25)29)23(30)27(3)12-14/h4-12H,1H2,2-3H3,(H2,25,29)(H,26,28). The zero-order valence-electron chi connectivity index (χ0n) is 16.9. The van der Waals surface area contributed by atoms with Crippen LogP contribution in [0, 0.1) is 12.7 Å². The van der Waals surface area contributed by atoms with Crippen LogP contribution in [0.4, 0.5) is 10.1 Å². The van der Waals surface area contributed by atoms with Gasteiger partial charge in [-0.25, -0.2) is 4.39 Å². The molecule has 0 radical (unpaired) electrons. The predicted molar refractivity (Wildman–Crippen MR) is 116 cm³/mol. The number of nitrogens with zero attached hydrogens (tertiary/aromatic N) is 1. The van der Waals surface area contributed by atoms with Crippen LogP contribution in [0.1, 0.15) is 15.9 Å². The van der Waals surface area contributed by atoms with Crippen molar-refractivity contribution in [1.29, 1.82) is 0 Å². The molecule has 0 atom stereocenters. The molecule has 0 fully saturated rings. The fourth-order valence-corrected chi connectivity index (χ4v) is 2.96. The first-order chi connectivity index (χ1) is 14.7. The summed E-state index contributed by atoms with van der Waals surface area (Å²) in [5.41, 5.74) is 6.52. The van der Waals surface area contributed by atoms with Crippen molar-refractivity contribution in [1.82, 2.24) is 4.57 Å². The number of nitrogens with one attached hydrogen (secondary N) is 1. The van der Waals surface area contributed by atoms with Crippen molar-refractivity contribution in [2.45, 2.75) is 6.92 Å². The molecule has 2 amide bonds. The summed E-state index contributed by atoms with van der Waals surface area (Å²) in [4.78, 5) is 35.6. The molecular formula is C23H20FN3O4. The average molecular weight is 421 g/mol. The van der Waals surface area contributed by atoms with Gasteiger partial charge in [0.15, 0.2) is 11.6 Å². The van der Waals surface area contributed by atoms with Gasteiger partial charge in [-0.05, 0) is 55.0 Å². The van der Waals surface area contributed by atoms with Crippen molar-refractivity contribution < 1.29 is 18.7 Å². The smallest absolute Gasteiger partial charge is 0.263 e. The van der Waals surface area contributed by atoms with E-state index in [2.05, 4.69) is 11.9 Å². The summed E-state index contributed by atoms with van der Waals surface area (Å²) in [6.07, 6.45) is 2.60. The first kappa shape index (κ1) is 21.5. The third kappa shape index (κ3) is 4.69. The van der Waals surface area contributed by atoms with E-state index in [0.717, 1.165) is 11.6 Å². The molecule has 0 saturated heterocycles. The van der Waals surface area contributed by atoms with Crippen LogP contribution in [-0.4, -0.2) is 16.4 Å². The number of carbonyl (C=O) groups excluding carboxylic acids is 2. The van der Waals surface area contributed by atoms with Crippen LogP contribution in [0.2, 0.25) is 0 Å². The lowest BCUT2D eigenvalue weighted by molar-refractivity contribution is -0.111. The van der Waals surface area contributed by atoms with Gasteiger partial charge in [-0.3, -0.25) is 14.4 Å². The fraction of sp³-hybridized carbons (Fsp3) is 0.0870. The Morgan fingerprint density at radius 3 is 2.52 bits per heavy atom. The lowest BCUT2D eigenvalue weighted by atomic mass is 10.0. The minimum Gasteiger partial charge on any atom is -0.454 e. The second kappa shape index (κ2) is 8.66. The Kier molecular flexibility index (Phi) is 6.01. The lowest BCUT2D eigenvalue weighted by Gasteiger charge is -2.15. The van der Waals surface area contributed by atoms with E-state index in [4.69, 9.17) is 10.5 Å². The molecule has 31 heavy (non-hydrogen) atoms. The SMILES string of the molecule is C=CC(=O)Nc1ccc(Oc2ccc(C)cc2F)c(-c2cc(C(N)=O)c(=O)n(C)c2)c1. The number of anilines is 1. The summed E-state index contributed by atoms with van der Waals surface area (Å²) in [5, 5.41) is 2.63. The van der Waals surface area contributed by atoms with Gasteiger partial charge in [0, 0.05) is 30.1 Å². The topological polar surface area (TPSA) is 103 Å². The van der Waals surface area contributed by atoms with Crippen LogP contribution in [0.25, 0.3) is 11.1 Å². The summed E-state index contributed by atoms with van der Waals surface area (Å²) in [6.45, 7) is 5.17. The number of amides is 2. The number of rotatable bonds is 6. The molecule has 0 aliphatic heterocycles. The third-order valence-corrected chi connectivity index (χ3v) is 4.50. The van der Waals surface area contributed by atoms with Gasteiger partial charge in [0.2, 0.25) is 5.91 Å². The number of primary amides is 1. The van der Waals surface area contributed by atoms with Gasteiger partial charge < -0.3 is 20.4 Å². The lowest BCUT2D eigenvalue weighted by Crippen LogP contribution is -2.27. The van der Waals surface area contributed by atoms with Gasteiger partial charge in [-0.1, -0.05) is 12.6 Å². The van der Waals surface area contributed by atoms with Crippen LogP contribution < -0.4 is 21.3 Å². The zero-order valence-corrected chi connectivity index (χ0v) is 16.9. The molecule has 8 heteroatoms. The predicted octanol–water partition coefficient (Wildman–Crippen LogP) is 3.52. The number of nitrogens with two attached hydrogens (primary N) is 1. The number of halogens is 1. The van der Waals surface area contributed by atoms with Crippen LogP contribution in [0.3, 0.4) is 0 Å². The molecule has 1 heterocycles. The normalized spacial score (nSPS) is 10.4. The van der Waals surface area contributed by atoms with E-state index in [-0.39, 0.29) is 17.1 Å². The van der Waals surface area contributed by atoms with Crippen LogP contribution >= 0.6 is 0 Å². The maximum Gasteiger partial charge on any atom is 0.263 e. The number of pyridine rings is 1. The minimum absolute atomic E-state index is 0.00493. The highest BCUT2D eigenvalue weighted by molar-refractivity contribution is 5.99. The Labute approximate surface area is 177 Å². The monoisotopic (exact) mass is 421 g/mol. The highest BCUT2D eigenvalue weighted by atomic mass is 19.1. The van der Waals surface area contributed by atoms with Gasteiger partial charge in [-0.2, -0.15) is 0 Å². The minimum atomic E-state index is -0.884. The first-order valence-electron chi connectivity index (χ1n) is 9.22. The highest BCUT2D eigenvalue weighted by Gasteiger charge is 2.16. The molecule has 3 rings (SSSR count). The Bertz CT molecular complexity index is 1260. The molecule has 0 unspecified atom stereocenters. The zero-order chi connectivity index (χ0) is 22.7. The van der Waals surface area contributed by atoms with Crippen LogP contribution in [0.15, 0.2) is 66.1 Å². The van der Waals surface area contributed by atoms with E-state index in [0.29, 0.717) is 16.8 Å². The summed E-state index contributed by atoms with van der Waals surface area (Å²) in [5.74, 6) is -1.62.